The first-order valence-electron chi connectivity index (χ1n) is 8.06. The molecule has 1 N–H and O–H groups in total. The van der Waals surface area contributed by atoms with E-state index in [2.05, 4.69) is 11.4 Å². The molecule has 0 saturated carbocycles. The Labute approximate surface area is 126 Å². The van der Waals surface area contributed by atoms with Gasteiger partial charge in [0.25, 0.3) is 5.91 Å². The molecule has 1 atom stereocenters. The minimum atomic E-state index is 0.147. The highest BCUT2D eigenvalue weighted by Gasteiger charge is 2.25. The molecule has 2 aliphatic heterocycles. The standard InChI is InChI=1S/C17H24N2O2/c1-2-19(12-13-6-5-11-21-13)17(20)15-7-3-9-16-14(15)8-4-10-18-16/h3,7,9,13,18H,2,4-6,8,10-12H2,1H3. The minimum Gasteiger partial charge on any atom is -0.385 e. The Balaban J connectivity index is 1.79. The number of carbonyl (C=O) groups excluding carboxylic acids is 1. The highest BCUT2D eigenvalue weighted by Crippen LogP contribution is 2.26. The molecule has 1 fully saturated rings. The van der Waals surface area contributed by atoms with Crippen molar-refractivity contribution in [1.82, 2.24) is 4.90 Å². The molecule has 1 saturated heterocycles. The number of likely N-dealkylation sites (N-methyl/N-ethyl adjacent to an activating group) is 1. The van der Waals surface area contributed by atoms with Gasteiger partial charge in [0.1, 0.15) is 0 Å². The molecule has 0 bridgehead atoms. The van der Waals surface area contributed by atoms with Crippen molar-refractivity contribution in [2.24, 2.45) is 0 Å². The van der Waals surface area contributed by atoms with Gasteiger partial charge in [0.15, 0.2) is 0 Å². The molecule has 4 heteroatoms. The Morgan fingerprint density at radius 3 is 3.10 bits per heavy atom. The van der Waals surface area contributed by atoms with Gasteiger partial charge in [-0.1, -0.05) is 6.07 Å². The van der Waals surface area contributed by atoms with Gasteiger partial charge < -0.3 is 15.0 Å². The smallest absolute Gasteiger partial charge is 0.254 e. The lowest BCUT2D eigenvalue weighted by Gasteiger charge is -2.27. The second kappa shape index (κ2) is 6.48. The summed E-state index contributed by atoms with van der Waals surface area (Å²) in [7, 11) is 0. The molecular formula is C17H24N2O2. The molecule has 4 nitrogen and oxygen atoms in total. The summed E-state index contributed by atoms with van der Waals surface area (Å²) in [5, 5.41) is 3.39. The van der Waals surface area contributed by atoms with Crippen LogP contribution < -0.4 is 5.32 Å². The molecule has 1 aromatic carbocycles. The largest absolute Gasteiger partial charge is 0.385 e. The summed E-state index contributed by atoms with van der Waals surface area (Å²) in [5.74, 6) is 0.147. The van der Waals surface area contributed by atoms with E-state index in [0.717, 1.165) is 56.6 Å². The van der Waals surface area contributed by atoms with Crippen molar-refractivity contribution in [3.05, 3.63) is 29.3 Å². The SMILES string of the molecule is CCN(CC1CCCO1)C(=O)c1cccc2c1CCCN2. The predicted molar refractivity (Wildman–Crippen MR) is 83.8 cm³/mol. The highest BCUT2D eigenvalue weighted by atomic mass is 16.5. The highest BCUT2D eigenvalue weighted by molar-refractivity contribution is 5.97. The van der Waals surface area contributed by atoms with Crippen LogP contribution in [0.15, 0.2) is 18.2 Å². The molecule has 114 valence electrons. The van der Waals surface area contributed by atoms with E-state index < -0.39 is 0 Å². The summed E-state index contributed by atoms with van der Waals surface area (Å²) >= 11 is 0. The zero-order chi connectivity index (χ0) is 14.7. The molecule has 2 aliphatic rings. The van der Waals surface area contributed by atoms with Gasteiger partial charge >= 0.3 is 0 Å². The lowest BCUT2D eigenvalue weighted by molar-refractivity contribution is 0.0538. The Bertz CT molecular complexity index is 510. The third-order valence-corrected chi connectivity index (χ3v) is 4.44. The van der Waals surface area contributed by atoms with Crippen LogP contribution in [0.25, 0.3) is 0 Å². The van der Waals surface area contributed by atoms with Crippen LogP contribution in [-0.2, 0) is 11.2 Å². The number of fused-ring (bicyclic) bond motifs is 1. The third-order valence-electron chi connectivity index (χ3n) is 4.44. The summed E-state index contributed by atoms with van der Waals surface area (Å²) in [6.07, 6.45) is 4.47. The van der Waals surface area contributed by atoms with E-state index in [1.807, 2.05) is 24.0 Å². The zero-order valence-electron chi connectivity index (χ0n) is 12.7. The van der Waals surface area contributed by atoms with Crippen LogP contribution in [0.4, 0.5) is 5.69 Å². The van der Waals surface area contributed by atoms with Gasteiger partial charge in [-0.3, -0.25) is 4.79 Å². The number of ether oxygens (including phenoxy) is 1. The number of anilines is 1. The minimum absolute atomic E-state index is 0.147. The zero-order valence-corrected chi connectivity index (χ0v) is 12.7. The van der Waals surface area contributed by atoms with Gasteiger partial charge in [-0.2, -0.15) is 0 Å². The molecule has 0 aliphatic carbocycles. The molecule has 3 rings (SSSR count). The van der Waals surface area contributed by atoms with Crippen LogP contribution >= 0.6 is 0 Å². The van der Waals surface area contributed by atoms with Gasteiger partial charge in [-0.05, 0) is 50.3 Å². The first-order chi connectivity index (χ1) is 10.3. The van der Waals surface area contributed by atoms with E-state index >= 15 is 0 Å². The summed E-state index contributed by atoms with van der Waals surface area (Å²) in [6.45, 7) is 5.32. The van der Waals surface area contributed by atoms with E-state index in [-0.39, 0.29) is 12.0 Å². The number of amides is 1. The predicted octanol–water partition coefficient (Wildman–Crippen LogP) is 2.69. The molecular weight excluding hydrogens is 264 g/mol. The number of benzene rings is 1. The fraction of sp³-hybridized carbons (Fsp3) is 0.588. The van der Waals surface area contributed by atoms with E-state index in [1.54, 1.807) is 0 Å². The number of rotatable bonds is 4. The fourth-order valence-corrected chi connectivity index (χ4v) is 3.27. The van der Waals surface area contributed by atoms with Crippen LogP contribution in [0.1, 0.15) is 42.1 Å². The van der Waals surface area contributed by atoms with E-state index in [1.165, 1.54) is 5.56 Å². The normalized spacial score (nSPS) is 20.7. The number of nitrogens with one attached hydrogen (secondary N) is 1. The average Bonchev–Trinajstić information content (AvgIpc) is 3.04. The van der Waals surface area contributed by atoms with Crippen molar-refractivity contribution in [1.29, 1.82) is 0 Å². The second-order valence-electron chi connectivity index (χ2n) is 5.84. The van der Waals surface area contributed by atoms with Crippen molar-refractivity contribution < 1.29 is 9.53 Å². The topological polar surface area (TPSA) is 41.6 Å². The molecule has 0 radical (unpaired) electrons. The van der Waals surface area contributed by atoms with Crippen molar-refractivity contribution >= 4 is 11.6 Å². The Kier molecular flexibility index (Phi) is 4.44. The van der Waals surface area contributed by atoms with Gasteiger partial charge in [-0.25, -0.2) is 0 Å². The van der Waals surface area contributed by atoms with Crippen molar-refractivity contribution in [3.63, 3.8) is 0 Å². The quantitative estimate of drug-likeness (QED) is 0.926. The Morgan fingerprint density at radius 1 is 1.43 bits per heavy atom. The maximum Gasteiger partial charge on any atom is 0.254 e. The van der Waals surface area contributed by atoms with E-state index in [0.29, 0.717) is 6.54 Å². The van der Waals surface area contributed by atoms with Crippen molar-refractivity contribution in [2.75, 3.05) is 31.6 Å². The number of nitrogens with zero attached hydrogens (tertiary/aromatic N) is 1. The number of carbonyl (C=O) groups is 1. The van der Waals surface area contributed by atoms with Crippen LogP contribution in [-0.4, -0.2) is 43.2 Å². The monoisotopic (exact) mass is 288 g/mol. The first kappa shape index (κ1) is 14.4. The van der Waals surface area contributed by atoms with Crippen molar-refractivity contribution in [2.45, 2.75) is 38.7 Å². The Hall–Kier alpha value is -1.55. The van der Waals surface area contributed by atoms with Crippen LogP contribution in [0.3, 0.4) is 0 Å². The molecule has 0 spiro atoms. The van der Waals surface area contributed by atoms with Gasteiger partial charge in [-0.15, -0.1) is 0 Å². The molecule has 2 heterocycles. The third kappa shape index (κ3) is 3.05. The maximum atomic E-state index is 12.9. The average molecular weight is 288 g/mol. The lowest BCUT2D eigenvalue weighted by atomic mass is 9.96. The summed E-state index contributed by atoms with van der Waals surface area (Å²) in [5.41, 5.74) is 3.17. The molecule has 1 aromatic rings. The van der Waals surface area contributed by atoms with E-state index in [4.69, 9.17) is 4.74 Å². The Morgan fingerprint density at radius 2 is 2.33 bits per heavy atom. The fourth-order valence-electron chi connectivity index (χ4n) is 3.27. The molecule has 1 unspecified atom stereocenters. The first-order valence-corrected chi connectivity index (χ1v) is 8.06. The summed E-state index contributed by atoms with van der Waals surface area (Å²) in [4.78, 5) is 14.8. The van der Waals surface area contributed by atoms with Gasteiger partial charge in [0, 0.05) is 37.5 Å². The molecule has 0 aromatic heterocycles. The van der Waals surface area contributed by atoms with Gasteiger partial charge in [0.05, 0.1) is 6.10 Å². The van der Waals surface area contributed by atoms with Crippen LogP contribution in [0.5, 0.6) is 0 Å². The van der Waals surface area contributed by atoms with Gasteiger partial charge in [0.2, 0.25) is 0 Å². The molecule has 1 amide bonds. The second-order valence-corrected chi connectivity index (χ2v) is 5.84. The van der Waals surface area contributed by atoms with Crippen molar-refractivity contribution in [3.8, 4) is 0 Å². The summed E-state index contributed by atoms with van der Waals surface area (Å²) in [6, 6.07) is 6.01. The van der Waals surface area contributed by atoms with Crippen LogP contribution in [0, 0.1) is 0 Å². The number of hydrogen-bond donors (Lipinski definition) is 1. The summed E-state index contributed by atoms with van der Waals surface area (Å²) < 4.78 is 5.68. The van der Waals surface area contributed by atoms with E-state index in [9.17, 15) is 4.79 Å². The number of hydrogen-bond acceptors (Lipinski definition) is 3. The molecule has 21 heavy (non-hydrogen) atoms. The lowest BCUT2D eigenvalue weighted by Crippen LogP contribution is -2.38. The maximum absolute atomic E-state index is 12.9. The van der Waals surface area contributed by atoms with Crippen LogP contribution in [0.2, 0.25) is 0 Å².